The summed E-state index contributed by atoms with van der Waals surface area (Å²) in [5.74, 6) is 0.755. The van der Waals surface area contributed by atoms with Crippen molar-refractivity contribution < 1.29 is 14.6 Å². The van der Waals surface area contributed by atoms with Gasteiger partial charge in [-0.05, 0) is 38.8 Å². The minimum atomic E-state index is -0.614. The molecule has 0 heterocycles. The Hall–Kier alpha value is -1.75. The quantitative estimate of drug-likeness (QED) is 0.750. The molecular formula is C15H24N2O3. The fraction of sp³-hybridized carbons (Fsp3) is 0.533. The van der Waals surface area contributed by atoms with Crippen molar-refractivity contribution in [2.45, 2.75) is 39.7 Å². The van der Waals surface area contributed by atoms with E-state index < -0.39 is 5.54 Å². The van der Waals surface area contributed by atoms with Gasteiger partial charge in [-0.25, -0.2) is 4.79 Å². The van der Waals surface area contributed by atoms with Crippen LogP contribution in [-0.2, 0) is 0 Å². The first-order valence-electron chi connectivity index (χ1n) is 6.87. The Bertz CT molecular complexity index is 456. The Morgan fingerprint density at radius 2 is 2.10 bits per heavy atom. The molecule has 3 N–H and O–H groups in total. The van der Waals surface area contributed by atoms with Gasteiger partial charge in [0.1, 0.15) is 5.75 Å². The molecule has 1 aromatic carbocycles. The number of aliphatic hydroxyl groups excluding tert-OH is 1. The van der Waals surface area contributed by atoms with Gasteiger partial charge in [0, 0.05) is 11.8 Å². The van der Waals surface area contributed by atoms with Gasteiger partial charge < -0.3 is 20.5 Å². The van der Waals surface area contributed by atoms with E-state index in [0.29, 0.717) is 18.7 Å². The number of anilines is 1. The number of benzene rings is 1. The first-order valence-corrected chi connectivity index (χ1v) is 6.87. The molecular weight excluding hydrogens is 256 g/mol. The lowest BCUT2D eigenvalue weighted by atomic mass is 10.0. The van der Waals surface area contributed by atoms with E-state index in [2.05, 4.69) is 10.6 Å². The standard InChI is InChI=1S/C15H24N2O3/c1-5-15(4,10-18)17-14(19)16-12-8-7-11(3)13(9-12)20-6-2/h7-9,18H,5-6,10H2,1-4H3,(H2,16,17,19). The summed E-state index contributed by atoms with van der Waals surface area (Å²) in [6, 6.07) is 5.17. The number of ether oxygens (including phenoxy) is 1. The number of amides is 2. The van der Waals surface area contributed by atoms with Crippen molar-refractivity contribution >= 4 is 11.7 Å². The van der Waals surface area contributed by atoms with Crippen LogP contribution in [0.2, 0.25) is 0 Å². The van der Waals surface area contributed by atoms with Crippen LogP contribution in [0.3, 0.4) is 0 Å². The summed E-state index contributed by atoms with van der Waals surface area (Å²) < 4.78 is 5.49. The molecule has 0 bridgehead atoms. The molecule has 1 rings (SSSR count). The number of rotatable bonds is 6. The molecule has 0 radical (unpaired) electrons. The van der Waals surface area contributed by atoms with Crippen LogP contribution in [-0.4, -0.2) is 29.9 Å². The number of aryl methyl sites for hydroxylation is 1. The predicted molar refractivity (Wildman–Crippen MR) is 80.3 cm³/mol. The van der Waals surface area contributed by atoms with Crippen LogP contribution in [0, 0.1) is 6.92 Å². The zero-order chi connectivity index (χ0) is 15.2. The van der Waals surface area contributed by atoms with Crippen molar-refractivity contribution in [2.75, 3.05) is 18.5 Å². The topological polar surface area (TPSA) is 70.6 Å². The molecule has 0 fully saturated rings. The summed E-state index contributed by atoms with van der Waals surface area (Å²) in [7, 11) is 0. The molecule has 1 aromatic rings. The molecule has 1 unspecified atom stereocenters. The third-order valence-corrected chi connectivity index (χ3v) is 3.29. The Kier molecular flexibility index (Phi) is 5.82. The molecule has 0 aliphatic carbocycles. The summed E-state index contributed by atoms with van der Waals surface area (Å²) in [5, 5.41) is 14.8. The largest absolute Gasteiger partial charge is 0.494 e. The van der Waals surface area contributed by atoms with Gasteiger partial charge >= 0.3 is 6.03 Å². The van der Waals surface area contributed by atoms with Gasteiger partial charge in [0.05, 0.1) is 18.8 Å². The van der Waals surface area contributed by atoms with Crippen molar-refractivity contribution in [1.82, 2.24) is 5.32 Å². The van der Waals surface area contributed by atoms with E-state index in [-0.39, 0.29) is 12.6 Å². The second kappa shape index (κ2) is 7.14. The van der Waals surface area contributed by atoms with E-state index in [4.69, 9.17) is 4.74 Å². The fourth-order valence-corrected chi connectivity index (χ4v) is 1.67. The summed E-state index contributed by atoms with van der Waals surface area (Å²) >= 11 is 0. The molecule has 0 saturated carbocycles. The zero-order valence-corrected chi connectivity index (χ0v) is 12.6. The van der Waals surface area contributed by atoms with Crippen LogP contribution < -0.4 is 15.4 Å². The molecule has 5 nitrogen and oxygen atoms in total. The van der Waals surface area contributed by atoms with Gasteiger partial charge in [0.25, 0.3) is 0 Å². The van der Waals surface area contributed by atoms with E-state index in [1.54, 1.807) is 13.0 Å². The monoisotopic (exact) mass is 280 g/mol. The second-order valence-corrected chi connectivity index (χ2v) is 5.06. The van der Waals surface area contributed by atoms with Crippen molar-refractivity contribution in [3.05, 3.63) is 23.8 Å². The van der Waals surface area contributed by atoms with Gasteiger partial charge in [-0.15, -0.1) is 0 Å². The predicted octanol–water partition coefficient (Wildman–Crippen LogP) is 2.68. The maximum absolute atomic E-state index is 11.9. The lowest BCUT2D eigenvalue weighted by Gasteiger charge is -2.27. The minimum Gasteiger partial charge on any atom is -0.494 e. The second-order valence-electron chi connectivity index (χ2n) is 5.06. The molecule has 20 heavy (non-hydrogen) atoms. The average molecular weight is 280 g/mol. The maximum Gasteiger partial charge on any atom is 0.319 e. The van der Waals surface area contributed by atoms with Crippen LogP contribution in [0.1, 0.15) is 32.8 Å². The van der Waals surface area contributed by atoms with Gasteiger partial charge in [-0.2, -0.15) is 0 Å². The van der Waals surface area contributed by atoms with Gasteiger partial charge in [-0.3, -0.25) is 0 Å². The molecule has 5 heteroatoms. The summed E-state index contributed by atoms with van der Waals surface area (Å²) in [4.78, 5) is 11.9. The maximum atomic E-state index is 11.9. The van der Waals surface area contributed by atoms with E-state index in [9.17, 15) is 9.90 Å². The van der Waals surface area contributed by atoms with Crippen molar-refractivity contribution in [2.24, 2.45) is 0 Å². The third kappa shape index (κ3) is 4.42. The van der Waals surface area contributed by atoms with Crippen LogP contribution in [0.25, 0.3) is 0 Å². The van der Waals surface area contributed by atoms with E-state index in [1.807, 2.05) is 32.9 Å². The minimum absolute atomic E-state index is 0.102. The highest BCUT2D eigenvalue weighted by atomic mass is 16.5. The van der Waals surface area contributed by atoms with Crippen LogP contribution in [0.15, 0.2) is 18.2 Å². The Labute approximate surface area is 120 Å². The molecule has 0 aliphatic heterocycles. The van der Waals surface area contributed by atoms with E-state index in [1.165, 1.54) is 0 Å². The van der Waals surface area contributed by atoms with E-state index in [0.717, 1.165) is 11.3 Å². The summed E-state index contributed by atoms with van der Waals surface area (Å²) in [6.07, 6.45) is 0.648. The number of hydrogen-bond acceptors (Lipinski definition) is 3. The number of aliphatic hydroxyl groups is 1. The highest BCUT2D eigenvalue weighted by Crippen LogP contribution is 2.22. The number of carbonyl (C=O) groups excluding carboxylic acids is 1. The molecule has 1 atom stereocenters. The first kappa shape index (κ1) is 16.3. The molecule has 0 saturated heterocycles. The van der Waals surface area contributed by atoms with Crippen molar-refractivity contribution in [1.29, 1.82) is 0 Å². The van der Waals surface area contributed by atoms with Crippen molar-refractivity contribution in [3.63, 3.8) is 0 Å². The Morgan fingerprint density at radius 3 is 2.65 bits per heavy atom. The van der Waals surface area contributed by atoms with Gasteiger partial charge in [0.15, 0.2) is 0 Å². The SMILES string of the molecule is CCOc1cc(NC(=O)NC(C)(CC)CO)ccc1C. The highest BCUT2D eigenvalue weighted by molar-refractivity contribution is 5.90. The summed E-state index contributed by atoms with van der Waals surface area (Å²) in [6.45, 7) is 8.06. The smallest absolute Gasteiger partial charge is 0.319 e. The normalized spacial score (nSPS) is 13.4. The lowest BCUT2D eigenvalue weighted by Crippen LogP contribution is -2.50. The molecule has 2 amide bonds. The Balaban J connectivity index is 2.73. The Morgan fingerprint density at radius 1 is 1.40 bits per heavy atom. The number of urea groups is 1. The fourth-order valence-electron chi connectivity index (χ4n) is 1.67. The van der Waals surface area contributed by atoms with Crippen LogP contribution in [0.5, 0.6) is 5.75 Å². The first-order chi connectivity index (χ1) is 9.44. The highest BCUT2D eigenvalue weighted by Gasteiger charge is 2.23. The van der Waals surface area contributed by atoms with Crippen molar-refractivity contribution in [3.8, 4) is 5.75 Å². The summed E-state index contributed by atoms with van der Waals surface area (Å²) in [5.41, 5.74) is 1.07. The molecule has 112 valence electrons. The average Bonchev–Trinajstić information content (AvgIpc) is 2.42. The number of hydrogen-bond donors (Lipinski definition) is 3. The lowest BCUT2D eigenvalue weighted by molar-refractivity contribution is 0.172. The van der Waals surface area contributed by atoms with Gasteiger partial charge in [0.2, 0.25) is 0 Å². The van der Waals surface area contributed by atoms with Crippen LogP contribution >= 0.6 is 0 Å². The molecule has 0 spiro atoms. The third-order valence-electron chi connectivity index (χ3n) is 3.29. The number of carbonyl (C=O) groups is 1. The zero-order valence-electron chi connectivity index (χ0n) is 12.6. The molecule has 0 aliphatic rings. The van der Waals surface area contributed by atoms with E-state index >= 15 is 0 Å². The van der Waals surface area contributed by atoms with Gasteiger partial charge in [-0.1, -0.05) is 13.0 Å². The number of nitrogens with one attached hydrogen (secondary N) is 2. The molecule has 0 aromatic heterocycles. The van der Waals surface area contributed by atoms with Crippen LogP contribution in [0.4, 0.5) is 10.5 Å².